The second kappa shape index (κ2) is 8.82. The maximum absolute atomic E-state index is 12.9. The number of aryl methyl sites for hydroxylation is 1. The van der Waals surface area contributed by atoms with Gasteiger partial charge in [0, 0.05) is 17.6 Å². The highest BCUT2D eigenvalue weighted by Gasteiger charge is 2.26. The number of esters is 1. The molecule has 148 valence electrons. The molecule has 1 atom stereocenters. The lowest BCUT2D eigenvalue weighted by Crippen LogP contribution is -2.38. The summed E-state index contributed by atoms with van der Waals surface area (Å²) in [6.07, 6.45) is 2.63. The Bertz CT molecular complexity index is 910. The fraction of sp³-hybridized carbons (Fsp3) is 0.429. The molecule has 0 bridgehead atoms. The van der Waals surface area contributed by atoms with Gasteiger partial charge in [0.2, 0.25) is 5.91 Å². The third kappa shape index (κ3) is 4.47. The minimum atomic E-state index is -0.530. The number of ether oxygens (including phenoxy) is 1. The van der Waals surface area contributed by atoms with Crippen LogP contribution in [-0.4, -0.2) is 42.5 Å². The number of nitrogens with one attached hydrogen (secondary N) is 2. The van der Waals surface area contributed by atoms with Crippen LogP contribution in [-0.2, 0) is 27.2 Å². The number of rotatable bonds is 6. The number of hydrogen-bond acceptors (Lipinski definition) is 5. The summed E-state index contributed by atoms with van der Waals surface area (Å²) in [4.78, 5) is 40.9. The molecule has 1 heterocycles. The molecule has 28 heavy (non-hydrogen) atoms. The molecular formula is C21H25N3O4. The molecule has 1 aliphatic rings. The van der Waals surface area contributed by atoms with Crippen LogP contribution in [0.3, 0.4) is 0 Å². The predicted octanol–water partition coefficient (Wildman–Crippen LogP) is 1.77. The van der Waals surface area contributed by atoms with E-state index in [0.717, 1.165) is 41.4 Å². The molecule has 1 aliphatic carbocycles. The Morgan fingerprint density at radius 1 is 1.18 bits per heavy atom. The molecule has 3 rings (SSSR count). The van der Waals surface area contributed by atoms with Crippen molar-refractivity contribution in [3.63, 3.8) is 0 Å². The maximum atomic E-state index is 12.9. The molecule has 0 spiro atoms. The zero-order valence-corrected chi connectivity index (χ0v) is 16.2. The van der Waals surface area contributed by atoms with E-state index in [4.69, 9.17) is 9.72 Å². The minimum Gasteiger partial charge on any atom is -0.452 e. The maximum Gasteiger partial charge on any atom is 0.339 e. The number of aromatic nitrogens is 1. The Balaban J connectivity index is 1.77. The van der Waals surface area contributed by atoms with Gasteiger partial charge in [0.05, 0.1) is 17.6 Å². The first kappa shape index (κ1) is 19.8. The largest absolute Gasteiger partial charge is 0.452 e. The number of likely N-dealkylation sites (N-methyl/N-ethyl adjacent to an activating group) is 1. The van der Waals surface area contributed by atoms with Gasteiger partial charge in [0.15, 0.2) is 6.61 Å². The lowest BCUT2D eigenvalue weighted by molar-refractivity contribution is -0.127. The van der Waals surface area contributed by atoms with E-state index in [9.17, 15) is 14.4 Å². The van der Waals surface area contributed by atoms with Crippen LogP contribution in [0, 0.1) is 5.92 Å². The summed E-state index contributed by atoms with van der Waals surface area (Å²) < 4.78 is 5.28. The van der Waals surface area contributed by atoms with Crippen LogP contribution < -0.4 is 10.6 Å². The van der Waals surface area contributed by atoms with E-state index in [1.165, 1.54) is 0 Å². The van der Waals surface area contributed by atoms with Gasteiger partial charge in [-0.25, -0.2) is 4.79 Å². The van der Waals surface area contributed by atoms with Crippen LogP contribution >= 0.6 is 0 Å². The first-order valence-corrected chi connectivity index (χ1v) is 9.60. The number of fused-ring (bicyclic) bond motifs is 2. The molecule has 0 saturated heterocycles. The normalized spacial score (nSPS) is 15.6. The van der Waals surface area contributed by atoms with E-state index >= 15 is 0 Å². The van der Waals surface area contributed by atoms with Crippen molar-refractivity contribution >= 4 is 28.7 Å². The standard InChI is InChI=1S/C21H25N3O4/c1-3-22-18(25)11-23-19(26)12-28-21(27)20-14-6-4-5-7-16(14)24-17-9-8-13(2)10-15(17)20/h4-7,13H,3,8-12H2,1-2H3,(H,22,25)(H,23,26)/t13-/m1/s1. The Morgan fingerprint density at radius 3 is 2.75 bits per heavy atom. The molecule has 0 radical (unpaired) electrons. The molecule has 0 unspecified atom stereocenters. The number of carbonyl (C=O) groups excluding carboxylic acids is 3. The first-order valence-electron chi connectivity index (χ1n) is 9.60. The lowest BCUT2D eigenvalue weighted by atomic mass is 9.84. The lowest BCUT2D eigenvalue weighted by Gasteiger charge is -2.24. The highest BCUT2D eigenvalue weighted by molar-refractivity contribution is 6.05. The van der Waals surface area contributed by atoms with Crippen LogP contribution in [0.25, 0.3) is 10.9 Å². The number of carbonyl (C=O) groups is 3. The van der Waals surface area contributed by atoms with E-state index in [1.807, 2.05) is 24.3 Å². The first-order chi connectivity index (χ1) is 13.5. The molecule has 7 heteroatoms. The highest BCUT2D eigenvalue weighted by Crippen LogP contribution is 2.31. The van der Waals surface area contributed by atoms with E-state index in [0.29, 0.717) is 18.0 Å². The SMILES string of the molecule is CCNC(=O)CNC(=O)COC(=O)c1c2c(nc3ccccc13)CC[C@@H](C)C2. The van der Waals surface area contributed by atoms with Crippen molar-refractivity contribution in [2.75, 3.05) is 19.7 Å². The van der Waals surface area contributed by atoms with Gasteiger partial charge in [0.1, 0.15) is 0 Å². The van der Waals surface area contributed by atoms with E-state index in [2.05, 4.69) is 17.6 Å². The second-order valence-corrected chi connectivity index (χ2v) is 7.08. The summed E-state index contributed by atoms with van der Waals surface area (Å²) in [6.45, 7) is 3.86. The predicted molar refractivity (Wildman–Crippen MR) is 105 cm³/mol. The van der Waals surface area contributed by atoms with Crippen molar-refractivity contribution in [2.24, 2.45) is 5.92 Å². The Morgan fingerprint density at radius 2 is 1.96 bits per heavy atom. The van der Waals surface area contributed by atoms with Crippen molar-refractivity contribution in [1.29, 1.82) is 0 Å². The van der Waals surface area contributed by atoms with Crippen molar-refractivity contribution in [1.82, 2.24) is 15.6 Å². The Hall–Kier alpha value is -2.96. The van der Waals surface area contributed by atoms with Gasteiger partial charge in [-0.1, -0.05) is 25.1 Å². The number of benzene rings is 1. The third-order valence-corrected chi connectivity index (χ3v) is 4.86. The van der Waals surface area contributed by atoms with Gasteiger partial charge >= 0.3 is 5.97 Å². The monoisotopic (exact) mass is 383 g/mol. The molecule has 0 fully saturated rings. The number of amides is 2. The van der Waals surface area contributed by atoms with Crippen LogP contribution in [0.15, 0.2) is 24.3 Å². The molecule has 2 N–H and O–H groups in total. The molecule has 0 saturated carbocycles. The average molecular weight is 383 g/mol. The summed E-state index contributed by atoms with van der Waals surface area (Å²) in [6, 6.07) is 7.48. The van der Waals surface area contributed by atoms with Gasteiger partial charge in [-0.3, -0.25) is 14.6 Å². The quantitative estimate of drug-likeness (QED) is 0.741. The third-order valence-electron chi connectivity index (χ3n) is 4.86. The van der Waals surface area contributed by atoms with Gasteiger partial charge in [-0.2, -0.15) is 0 Å². The zero-order valence-electron chi connectivity index (χ0n) is 16.2. The zero-order chi connectivity index (χ0) is 20.1. The molecular weight excluding hydrogens is 358 g/mol. The Labute approximate surface area is 163 Å². The highest BCUT2D eigenvalue weighted by atomic mass is 16.5. The van der Waals surface area contributed by atoms with Crippen LogP contribution in [0.2, 0.25) is 0 Å². The average Bonchev–Trinajstić information content (AvgIpc) is 2.69. The van der Waals surface area contributed by atoms with Crippen LogP contribution in [0.1, 0.15) is 41.9 Å². The number of nitrogens with zero attached hydrogens (tertiary/aromatic N) is 1. The van der Waals surface area contributed by atoms with Gasteiger partial charge in [-0.15, -0.1) is 0 Å². The van der Waals surface area contributed by atoms with E-state index in [-0.39, 0.29) is 12.5 Å². The molecule has 2 amide bonds. The van der Waals surface area contributed by atoms with Gasteiger partial charge in [0.25, 0.3) is 5.91 Å². The van der Waals surface area contributed by atoms with Gasteiger partial charge in [-0.05, 0) is 43.7 Å². The topological polar surface area (TPSA) is 97.4 Å². The summed E-state index contributed by atoms with van der Waals surface area (Å²) >= 11 is 0. The molecule has 1 aromatic heterocycles. The summed E-state index contributed by atoms with van der Waals surface area (Å²) in [7, 11) is 0. The molecule has 1 aromatic carbocycles. The molecule has 2 aromatic rings. The van der Waals surface area contributed by atoms with E-state index in [1.54, 1.807) is 6.92 Å². The summed E-state index contributed by atoms with van der Waals surface area (Å²) in [5, 5.41) is 5.76. The number of hydrogen-bond donors (Lipinski definition) is 2. The molecule has 0 aliphatic heterocycles. The summed E-state index contributed by atoms with van der Waals surface area (Å²) in [5.41, 5.74) is 3.11. The minimum absolute atomic E-state index is 0.144. The van der Waals surface area contributed by atoms with Crippen LogP contribution in [0.5, 0.6) is 0 Å². The van der Waals surface area contributed by atoms with Crippen LogP contribution in [0.4, 0.5) is 0 Å². The molecule has 7 nitrogen and oxygen atoms in total. The van der Waals surface area contributed by atoms with Crippen molar-refractivity contribution in [3.8, 4) is 0 Å². The van der Waals surface area contributed by atoms with E-state index < -0.39 is 18.5 Å². The fourth-order valence-electron chi connectivity index (χ4n) is 3.49. The van der Waals surface area contributed by atoms with Crippen molar-refractivity contribution in [3.05, 3.63) is 41.1 Å². The fourth-order valence-corrected chi connectivity index (χ4v) is 3.49. The Kier molecular flexibility index (Phi) is 6.23. The van der Waals surface area contributed by atoms with Crippen molar-refractivity contribution < 1.29 is 19.1 Å². The number of para-hydroxylation sites is 1. The second-order valence-electron chi connectivity index (χ2n) is 7.08. The van der Waals surface area contributed by atoms with Crippen molar-refractivity contribution in [2.45, 2.75) is 33.1 Å². The van der Waals surface area contributed by atoms with Gasteiger partial charge < -0.3 is 15.4 Å². The smallest absolute Gasteiger partial charge is 0.339 e. The number of pyridine rings is 1. The summed E-state index contributed by atoms with van der Waals surface area (Å²) in [5.74, 6) is -0.870.